The number of thiophene rings is 1. The van der Waals surface area contributed by atoms with Crippen LogP contribution in [0.5, 0.6) is 0 Å². The van der Waals surface area contributed by atoms with Crippen LogP contribution in [0.4, 0.5) is 20.4 Å². The molecule has 0 saturated heterocycles. The first-order valence-electron chi connectivity index (χ1n) is 5.04. The van der Waals surface area contributed by atoms with Gasteiger partial charge in [-0.3, -0.25) is 0 Å². The molecule has 3 nitrogen and oxygen atoms in total. The van der Waals surface area contributed by atoms with E-state index < -0.39 is 11.6 Å². The molecule has 0 spiro atoms. The molecule has 0 aliphatic carbocycles. The molecule has 6 heteroatoms. The van der Waals surface area contributed by atoms with Gasteiger partial charge in [-0.2, -0.15) is 0 Å². The van der Waals surface area contributed by atoms with Crippen molar-refractivity contribution in [1.29, 1.82) is 0 Å². The molecule has 0 aliphatic heterocycles. The van der Waals surface area contributed by atoms with E-state index in [-0.39, 0.29) is 11.6 Å². The smallest absolute Gasteiger partial charge is 0.168 e. The zero-order chi connectivity index (χ0) is 12.3. The number of pyridine rings is 1. The van der Waals surface area contributed by atoms with Crippen molar-refractivity contribution in [2.24, 2.45) is 0 Å². The van der Waals surface area contributed by atoms with Crippen LogP contribution < -0.4 is 11.1 Å². The highest BCUT2D eigenvalue weighted by Gasteiger charge is 2.08. The average molecular weight is 255 g/mol. The fraction of sp³-hybridized carbons (Fsp3) is 0.182. The maximum atomic E-state index is 13.3. The van der Waals surface area contributed by atoms with Gasteiger partial charge in [-0.15, -0.1) is 11.3 Å². The van der Waals surface area contributed by atoms with Gasteiger partial charge in [0.15, 0.2) is 23.3 Å². The molecule has 0 fully saturated rings. The first kappa shape index (κ1) is 11.8. The Morgan fingerprint density at radius 2 is 2.18 bits per heavy atom. The van der Waals surface area contributed by atoms with Crippen LogP contribution >= 0.6 is 11.3 Å². The largest absolute Gasteiger partial charge is 0.381 e. The Kier molecular flexibility index (Phi) is 3.53. The maximum Gasteiger partial charge on any atom is 0.168 e. The molecular weight excluding hydrogens is 244 g/mol. The molecule has 0 saturated carbocycles. The van der Waals surface area contributed by atoms with Gasteiger partial charge in [0.25, 0.3) is 0 Å². The maximum absolute atomic E-state index is 13.3. The summed E-state index contributed by atoms with van der Waals surface area (Å²) in [4.78, 5) is 4.80. The minimum absolute atomic E-state index is 0.0135. The number of aromatic nitrogens is 1. The summed E-state index contributed by atoms with van der Waals surface area (Å²) in [5.74, 6) is -1.89. The standard InChI is InChI=1S/C11H11F2N3S/c12-8-6-9(13)11(16-10(8)14)15-4-3-7-2-1-5-17-7/h1-2,5-6H,3-4H2,(H3,14,15,16). The average Bonchev–Trinajstić information content (AvgIpc) is 2.78. The molecule has 17 heavy (non-hydrogen) atoms. The molecule has 0 aliphatic rings. The van der Waals surface area contributed by atoms with Gasteiger partial charge in [0.2, 0.25) is 0 Å². The second-order valence-corrected chi connectivity index (χ2v) is 4.47. The second kappa shape index (κ2) is 5.09. The fourth-order valence-electron chi connectivity index (χ4n) is 1.36. The van der Waals surface area contributed by atoms with Crippen molar-refractivity contribution >= 4 is 23.0 Å². The lowest BCUT2D eigenvalue weighted by atomic mass is 10.3. The zero-order valence-electron chi connectivity index (χ0n) is 8.91. The first-order chi connectivity index (χ1) is 8.16. The Balaban J connectivity index is 1.97. The SMILES string of the molecule is Nc1nc(NCCc2cccs2)c(F)cc1F. The lowest BCUT2D eigenvalue weighted by Gasteiger charge is -2.07. The number of rotatable bonds is 4. The Labute approximate surface area is 101 Å². The zero-order valence-corrected chi connectivity index (χ0v) is 9.73. The topological polar surface area (TPSA) is 50.9 Å². The number of nitrogens with zero attached hydrogens (tertiary/aromatic N) is 1. The summed E-state index contributed by atoms with van der Waals surface area (Å²) in [5.41, 5.74) is 5.27. The monoisotopic (exact) mass is 255 g/mol. The molecule has 2 heterocycles. The van der Waals surface area contributed by atoms with E-state index in [2.05, 4.69) is 10.3 Å². The van der Waals surface area contributed by atoms with Crippen molar-refractivity contribution in [3.8, 4) is 0 Å². The summed E-state index contributed by atoms with van der Waals surface area (Å²) in [6, 6.07) is 4.68. The van der Waals surface area contributed by atoms with Gasteiger partial charge in [-0.25, -0.2) is 13.8 Å². The van der Waals surface area contributed by atoms with Gasteiger partial charge >= 0.3 is 0 Å². The highest BCUT2D eigenvalue weighted by molar-refractivity contribution is 7.09. The van der Waals surface area contributed by atoms with E-state index >= 15 is 0 Å². The number of hydrogen-bond donors (Lipinski definition) is 2. The Morgan fingerprint density at radius 1 is 1.35 bits per heavy atom. The predicted octanol–water partition coefficient (Wildman–Crippen LogP) is 2.66. The molecule has 3 N–H and O–H groups in total. The third-order valence-electron chi connectivity index (χ3n) is 2.20. The number of nitrogens with two attached hydrogens (primary N) is 1. The van der Waals surface area contributed by atoms with E-state index in [9.17, 15) is 8.78 Å². The van der Waals surface area contributed by atoms with Gasteiger partial charge < -0.3 is 11.1 Å². The highest BCUT2D eigenvalue weighted by Crippen LogP contribution is 2.17. The van der Waals surface area contributed by atoms with Crippen LogP contribution in [0.15, 0.2) is 23.6 Å². The molecule has 0 atom stereocenters. The van der Waals surface area contributed by atoms with Gasteiger partial charge in [-0.1, -0.05) is 6.07 Å². The molecule has 0 amide bonds. The molecule has 0 unspecified atom stereocenters. The lowest BCUT2D eigenvalue weighted by molar-refractivity contribution is 0.579. The number of nitrogen functional groups attached to an aromatic ring is 1. The van der Waals surface area contributed by atoms with Crippen LogP contribution in [0.1, 0.15) is 4.88 Å². The Morgan fingerprint density at radius 3 is 2.88 bits per heavy atom. The first-order valence-corrected chi connectivity index (χ1v) is 5.92. The van der Waals surface area contributed by atoms with Crippen LogP contribution in [0.3, 0.4) is 0 Å². The van der Waals surface area contributed by atoms with Crippen molar-refractivity contribution in [2.45, 2.75) is 6.42 Å². The van der Waals surface area contributed by atoms with Gasteiger partial charge in [0.05, 0.1) is 0 Å². The molecule has 2 rings (SSSR count). The second-order valence-electron chi connectivity index (χ2n) is 3.44. The van der Waals surface area contributed by atoms with Crippen LogP contribution in [-0.4, -0.2) is 11.5 Å². The summed E-state index contributed by atoms with van der Waals surface area (Å²) < 4.78 is 26.1. The number of halogens is 2. The van der Waals surface area contributed by atoms with Crippen LogP contribution in [0.2, 0.25) is 0 Å². The summed E-state index contributed by atoms with van der Waals surface area (Å²) >= 11 is 1.63. The van der Waals surface area contributed by atoms with Crippen LogP contribution in [0.25, 0.3) is 0 Å². The number of nitrogens with one attached hydrogen (secondary N) is 1. The molecule has 2 aromatic rings. The molecule has 90 valence electrons. The van der Waals surface area contributed by atoms with Gasteiger partial charge in [0.1, 0.15) is 0 Å². The molecule has 0 radical (unpaired) electrons. The normalized spacial score (nSPS) is 10.5. The quantitative estimate of drug-likeness (QED) is 0.883. The Bertz CT molecular complexity index is 500. The van der Waals surface area contributed by atoms with Crippen molar-refractivity contribution in [3.05, 3.63) is 40.1 Å². The predicted molar refractivity (Wildman–Crippen MR) is 65.1 cm³/mol. The van der Waals surface area contributed by atoms with E-state index in [0.717, 1.165) is 12.5 Å². The minimum Gasteiger partial charge on any atom is -0.381 e. The van der Waals surface area contributed by atoms with E-state index in [1.807, 2.05) is 17.5 Å². The highest BCUT2D eigenvalue weighted by atomic mass is 32.1. The van der Waals surface area contributed by atoms with Crippen LogP contribution in [0, 0.1) is 11.6 Å². The third-order valence-corrected chi connectivity index (χ3v) is 3.14. The third kappa shape index (κ3) is 2.91. The van der Waals surface area contributed by atoms with E-state index in [4.69, 9.17) is 5.73 Å². The summed E-state index contributed by atoms with van der Waals surface area (Å²) in [7, 11) is 0. The van der Waals surface area contributed by atoms with E-state index in [0.29, 0.717) is 6.54 Å². The van der Waals surface area contributed by atoms with E-state index in [1.54, 1.807) is 11.3 Å². The summed E-state index contributed by atoms with van der Waals surface area (Å²) in [6.45, 7) is 0.523. The molecule has 2 aromatic heterocycles. The molecule has 0 aromatic carbocycles. The minimum atomic E-state index is -0.841. The van der Waals surface area contributed by atoms with E-state index in [1.165, 1.54) is 4.88 Å². The summed E-state index contributed by atoms with van der Waals surface area (Å²) in [5, 5.41) is 4.77. The summed E-state index contributed by atoms with van der Waals surface area (Å²) in [6.07, 6.45) is 0.760. The van der Waals surface area contributed by atoms with Crippen molar-refractivity contribution in [1.82, 2.24) is 4.98 Å². The van der Waals surface area contributed by atoms with Crippen LogP contribution in [-0.2, 0) is 6.42 Å². The van der Waals surface area contributed by atoms with Crippen molar-refractivity contribution in [2.75, 3.05) is 17.6 Å². The van der Waals surface area contributed by atoms with Crippen molar-refractivity contribution < 1.29 is 8.78 Å². The number of hydrogen-bond acceptors (Lipinski definition) is 4. The molecule has 0 bridgehead atoms. The lowest BCUT2D eigenvalue weighted by Crippen LogP contribution is -2.09. The van der Waals surface area contributed by atoms with Gasteiger partial charge in [0, 0.05) is 17.5 Å². The fourth-order valence-corrected chi connectivity index (χ4v) is 2.07. The Hall–Kier alpha value is -1.69. The van der Waals surface area contributed by atoms with Crippen molar-refractivity contribution in [3.63, 3.8) is 0 Å². The van der Waals surface area contributed by atoms with Gasteiger partial charge in [-0.05, 0) is 17.9 Å². The molecular formula is C11H11F2N3S. The number of anilines is 2.